The summed E-state index contributed by atoms with van der Waals surface area (Å²) in [4.78, 5) is 9.55. The summed E-state index contributed by atoms with van der Waals surface area (Å²) in [6.45, 7) is 0.528. The first-order chi connectivity index (χ1) is 13.6. The number of nitrogens with zero attached hydrogens (tertiary/aromatic N) is 3. The van der Waals surface area contributed by atoms with Crippen molar-refractivity contribution in [3.63, 3.8) is 0 Å². The molecule has 9 heteroatoms. The van der Waals surface area contributed by atoms with Crippen LogP contribution in [-0.2, 0) is 4.74 Å². The molecule has 5 nitrogen and oxygen atoms in total. The van der Waals surface area contributed by atoms with Crippen LogP contribution in [0.25, 0.3) is 11.2 Å². The minimum absolute atomic E-state index is 0.203. The molecular formula is C19H19ClF2N4OS. The van der Waals surface area contributed by atoms with Crippen LogP contribution in [0, 0.1) is 0 Å². The highest BCUT2D eigenvalue weighted by molar-refractivity contribution is 7.98. The van der Waals surface area contributed by atoms with Gasteiger partial charge in [-0.25, -0.2) is 18.7 Å². The van der Waals surface area contributed by atoms with E-state index in [-0.39, 0.29) is 11.0 Å². The Morgan fingerprint density at radius 3 is 2.79 bits per heavy atom. The lowest BCUT2D eigenvalue weighted by Crippen LogP contribution is -2.20. The largest absolute Gasteiger partial charge is 0.358 e. The third-order valence-electron chi connectivity index (χ3n) is 4.66. The van der Waals surface area contributed by atoms with E-state index in [2.05, 4.69) is 15.3 Å². The number of nitrogens with one attached hydrogen (secondary N) is 1. The second-order valence-corrected chi connectivity index (χ2v) is 7.69. The van der Waals surface area contributed by atoms with Gasteiger partial charge in [-0.2, -0.15) is 0 Å². The Hall–Kier alpha value is -1.90. The molecule has 1 atom stereocenters. The van der Waals surface area contributed by atoms with E-state index in [0.29, 0.717) is 29.9 Å². The molecule has 1 saturated heterocycles. The van der Waals surface area contributed by atoms with Crippen molar-refractivity contribution in [2.24, 2.45) is 0 Å². The van der Waals surface area contributed by atoms with Gasteiger partial charge in [-0.3, -0.25) is 4.57 Å². The van der Waals surface area contributed by atoms with E-state index in [1.54, 1.807) is 17.8 Å². The monoisotopic (exact) mass is 424 g/mol. The van der Waals surface area contributed by atoms with Crippen molar-refractivity contribution >= 4 is 45.9 Å². The number of aromatic nitrogens is 3. The number of anilines is 2. The quantitative estimate of drug-likeness (QED) is 0.391. The summed E-state index contributed by atoms with van der Waals surface area (Å²) in [7, 11) is 0. The molecule has 3 aromatic rings. The fourth-order valence-electron chi connectivity index (χ4n) is 3.40. The number of fused-ring (bicyclic) bond motifs is 1. The van der Waals surface area contributed by atoms with Crippen molar-refractivity contribution in [2.45, 2.75) is 36.8 Å². The third kappa shape index (κ3) is 3.68. The number of para-hydroxylation sites is 1. The summed E-state index contributed by atoms with van der Waals surface area (Å²) >= 11 is 7.82. The van der Waals surface area contributed by atoms with Crippen LogP contribution in [0.15, 0.2) is 35.2 Å². The van der Waals surface area contributed by atoms with E-state index < -0.39 is 12.7 Å². The number of imidazole rings is 1. The molecular weight excluding hydrogens is 406 g/mol. The predicted octanol–water partition coefficient (Wildman–Crippen LogP) is 6.19. The number of hydrogen-bond donors (Lipinski definition) is 1. The van der Waals surface area contributed by atoms with Crippen LogP contribution in [0.1, 0.15) is 37.7 Å². The van der Waals surface area contributed by atoms with Crippen molar-refractivity contribution in [2.75, 3.05) is 18.2 Å². The Labute approximate surface area is 170 Å². The lowest BCUT2D eigenvalue weighted by Gasteiger charge is -2.25. The molecule has 1 unspecified atom stereocenters. The predicted molar refractivity (Wildman–Crippen MR) is 108 cm³/mol. The Morgan fingerprint density at radius 1 is 1.25 bits per heavy atom. The van der Waals surface area contributed by atoms with Gasteiger partial charge in [-0.1, -0.05) is 23.7 Å². The molecule has 1 fully saturated rings. The van der Waals surface area contributed by atoms with Crippen LogP contribution >= 0.6 is 23.4 Å². The smallest absolute Gasteiger partial charge is 0.295 e. The zero-order valence-corrected chi connectivity index (χ0v) is 16.7. The van der Waals surface area contributed by atoms with Crippen LogP contribution in [0.3, 0.4) is 0 Å². The summed E-state index contributed by atoms with van der Waals surface area (Å²) in [6, 6.07) is 9.35. The average Bonchev–Trinajstić information content (AvgIpc) is 3.09. The Morgan fingerprint density at radius 2 is 2.07 bits per heavy atom. The molecule has 148 valence electrons. The number of ether oxygens (including phenoxy) is 1. The number of halogens is 3. The number of pyridine rings is 1. The zero-order chi connectivity index (χ0) is 19.7. The molecule has 1 N–H and O–H groups in total. The van der Waals surface area contributed by atoms with Gasteiger partial charge in [-0.15, -0.1) is 11.8 Å². The van der Waals surface area contributed by atoms with Gasteiger partial charge in [-0.05, 0) is 37.7 Å². The molecule has 1 aliphatic rings. The fraction of sp³-hybridized carbons (Fsp3) is 0.368. The maximum atomic E-state index is 13.8. The minimum atomic E-state index is -2.75. The molecule has 3 heterocycles. The summed E-state index contributed by atoms with van der Waals surface area (Å²) in [5.74, 6) is -0.349. The molecule has 28 heavy (non-hydrogen) atoms. The third-order valence-corrected chi connectivity index (χ3v) is 5.65. The van der Waals surface area contributed by atoms with Gasteiger partial charge in [0.15, 0.2) is 11.5 Å². The molecule has 1 aliphatic heterocycles. The van der Waals surface area contributed by atoms with Crippen molar-refractivity contribution < 1.29 is 13.5 Å². The first kappa shape index (κ1) is 19.4. The Bertz CT molecular complexity index is 991. The lowest BCUT2D eigenvalue weighted by molar-refractivity contribution is -0.0363. The number of thioether (sulfide) groups is 1. The van der Waals surface area contributed by atoms with E-state index in [9.17, 15) is 8.78 Å². The normalized spacial score (nSPS) is 17.4. The zero-order valence-electron chi connectivity index (χ0n) is 15.2. The number of hydrogen-bond acceptors (Lipinski definition) is 5. The van der Waals surface area contributed by atoms with E-state index >= 15 is 0 Å². The fourth-order valence-corrected chi connectivity index (χ4v) is 4.15. The summed E-state index contributed by atoms with van der Waals surface area (Å²) in [6.07, 6.45) is 1.17. The standard InChI is InChI=1S/C19H19ClF2N4OS/c1-28-13-7-3-2-6-11(13)23-12-10-14(20)24-18-16(12)25-19(17(21)22)26(18)15-8-4-5-9-27-15/h2-3,6-7,10,15,17H,4-5,8-9H2,1H3,(H,23,24). The van der Waals surface area contributed by atoms with Gasteiger partial charge in [0, 0.05) is 17.6 Å². The molecule has 0 amide bonds. The summed E-state index contributed by atoms with van der Waals surface area (Å²) in [5.41, 5.74) is 2.04. The van der Waals surface area contributed by atoms with Crippen LogP contribution in [0.4, 0.5) is 20.2 Å². The van der Waals surface area contributed by atoms with Crippen molar-refractivity contribution in [3.05, 3.63) is 41.3 Å². The molecule has 0 bridgehead atoms. The minimum Gasteiger partial charge on any atom is -0.358 e. The molecule has 2 aromatic heterocycles. The van der Waals surface area contributed by atoms with Crippen LogP contribution in [0.5, 0.6) is 0 Å². The van der Waals surface area contributed by atoms with Gasteiger partial charge in [0.2, 0.25) is 0 Å². The SMILES string of the molecule is CSc1ccccc1Nc1cc(Cl)nc2c1nc(C(F)F)n2C1CCCCO1. The first-order valence-corrected chi connectivity index (χ1v) is 10.6. The highest BCUT2D eigenvalue weighted by Gasteiger charge is 2.28. The Kier molecular flexibility index (Phi) is 5.70. The molecule has 1 aromatic carbocycles. The van der Waals surface area contributed by atoms with Gasteiger partial charge in [0.25, 0.3) is 6.43 Å². The van der Waals surface area contributed by atoms with Gasteiger partial charge in [0.1, 0.15) is 16.9 Å². The maximum Gasteiger partial charge on any atom is 0.295 e. The number of alkyl halides is 2. The highest BCUT2D eigenvalue weighted by atomic mass is 35.5. The molecule has 4 rings (SSSR count). The van der Waals surface area contributed by atoms with Crippen LogP contribution in [-0.4, -0.2) is 27.4 Å². The maximum absolute atomic E-state index is 13.8. The molecule has 0 spiro atoms. The lowest BCUT2D eigenvalue weighted by atomic mass is 10.2. The summed E-state index contributed by atoms with van der Waals surface area (Å²) in [5, 5.41) is 3.49. The first-order valence-electron chi connectivity index (χ1n) is 8.96. The molecule has 0 saturated carbocycles. The van der Waals surface area contributed by atoms with Crippen LogP contribution in [0.2, 0.25) is 5.15 Å². The number of benzene rings is 1. The van der Waals surface area contributed by atoms with E-state index in [1.165, 1.54) is 4.57 Å². The van der Waals surface area contributed by atoms with E-state index in [0.717, 1.165) is 23.4 Å². The van der Waals surface area contributed by atoms with Gasteiger partial charge >= 0.3 is 0 Å². The van der Waals surface area contributed by atoms with Gasteiger partial charge in [0.05, 0.1) is 11.4 Å². The van der Waals surface area contributed by atoms with Crippen LogP contribution < -0.4 is 5.32 Å². The van der Waals surface area contributed by atoms with Gasteiger partial charge < -0.3 is 10.1 Å². The second kappa shape index (κ2) is 8.23. The van der Waals surface area contributed by atoms with Crippen molar-refractivity contribution in [1.29, 1.82) is 0 Å². The van der Waals surface area contributed by atoms with E-state index in [4.69, 9.17) is 16.3 Å². The van der Waals surface area contributed by atoms with Crippen molar-refractivity contribution in [1.82, 2.24) is 14.5 Å². The molecule has 0 aliphatic carbocycles. The Balaban J connectivity index is 1.86. The van der Waals surface area contributed by atoms with Crippen molar-refractivity contribution in [3.8, 4) is 0 Å². The second-order valence-electron chi connectivity index (χ2n) is 6.45. The molecule has 0 radical (unpaired) electrons. The van der Waals surface area contributed by atoms with E-state index in [1.807, 2.05) is 30.5 Å². The average molecular weight is 425 g/mol. The number of rotatable bonds is 5. The topological polar surface area (TPSA) is 52.0 Å². The summed E-state index contributed by atoms with van der Waals surface area (Å²) < 4.78 is 34.7. The highest BCUT2D eigenvalue weighted by Crippen LogP contribution is 2.37.